The minimum atomic E-state index is -0.750. The van der Waals surface area contributed by atoms with Crippen molar-refractivity contribution in [1.29, 1.82) is 0 Å². The van der Waals surface area contributed by atoms with Gasteiger partial charge in [0.05, 0.1) is 12.2 Å². The van der Waals surface area contributed by atoms with E-state index in [-0.39, 0.29) is 5.92 Å². The number of hydrogen-bond donors (Lipinski definition) is 3. The summed E-state index contributed by atoms with van der Waals surface area (Å²) < 4.78 is 0. The van der Waals surface area contributed by atoms with Crippen molar-refractivity contribution in [2.24, 2.45) is 5.92 Å². The predicted molar refractivity (Wildman–Crippen MR) is 70.9 cm³/mol. The van der Waals surface area contributed by atoms with Crippen LogP contribution in [0.2, 0.25) is 0 Å². The number of hydrogen-bond acceptors (Lipinski definition) is 4. The maximum absolute atomic E-state index is 10.2. The molecule has 0 amide bonds. The highest BCUT2D eigenvalue weighted by Gasteiger charge is 2.27. The summed E-state index contributed by atoms with van der Waals surface area (Å²) in [5.41, 5.74) is 7.25. The zero-order chi connectivity index (χ0) is 13.0. The maximum atomic E-state index is 10.2. The highest BCUT2D eigenvalue weighted by molar-refractivity contribution is 5.44. The van der Waals surface area contributed by atoms with E-state index in [0.29, 0.717) is 12.1 Å². The van der Waals surface area contributed by atoms with Gasteiger partial charge in [0.1, 0.15) is 0 Å². The molecule has 1 heterocycles. The van der Waals surface area contributed by atoms with Gasteiger partial charge >= 0.3 is 0 Å². The smallest absolute Gasteiger partial charge is 0.0843 e. The minimum Gasteiger partial charge on any atom is -0.398 e. The summed E-state index contributed by atoms with van der Waals surface area (Å²) in [6, 6.07) is 1.72. The van der Waals surface area contributed by atoms with E-state index in [0.717, 1.165) is 31.2 Å². The van der Waals surface area contributed by atoms with Crippen LogP contribution >= 0.6 is 0 Å². The van der Waals surface area contributed by atoms with Crippen molar-refractivity contribution >= 4 is 5.69 Å². The molecule has 0 aliphatic heterocycles. The molecule has 0 spiro atoms. The molecule has 1 aliphatic rings. The van der Waals surface area contributed by atoms with E-state index in [1.54, 1.807) is 18.5 Å². The van der Waals surface area contributed by atoms with Crippen molar-refractivity contribution < 1.29 is 10.2 Å². The maximum Gasteiger partial charge on any atom is 0.0843 e. The van der Waals surface area contributed by atoms with Crippen LogP contribution in [0.4, 0.5) is 5.69 Å². The fraction of sp³-hybridized carbons (Fsp3) is 0.643. The monoisotopic (exact) mass is 250 g/mol. The minimum absolute atomic E-state index is 0.228. The third-order valence-corrected chi connectivity index (χ3v) is 3.90. The van der Waals surface area contributed by atoms with Gasteiger partial charge < -0.3 is 15.9 Å². The summed E-state index contributed by atoms with van der Waals surface area (Å²) in [6.07, 6.45) is 7.85. The van der Waals surface area contributed by atoms with Crippen LogP contribution in [-0.2, 0) is 6.42 Å². The van der Waals surface area contributed by atoms with Gasteiger partial charge in [-0.15, -0.1) is 0 Å². The third kappa shape index (κ3) is 3.21. The van der Waals surface area contributed by atoms with Gasteiger partial charge in [-0.2, -0.15) is 0 Å². The average molecular weight is 250 g/mol. The van der Waals surface area contributed by atoms with Crippen molar-refractivity contribution in [2.75, 3.05) is 5.73 Å². The zero-order valence-electron chi connectivity index (χ0n) is 10.6. The number of aromatic nitrogens is 1. The second-order valence-corrected chi connectivity index (χ2v) is 5.23. The number of anilines is 1. The first-order valence-corrected chi connectivity index (χ1v) is 6.73. The molecule has 1 fully saturated rings. The molecule has 2 rings (SSSR count). The van der Waals surface area contributed by atoms with Crippen LogP contribution < -0.4 is 5.73 Å². The molecule has 0 radical (unpaired) electrons. The molecule has 0 aromatic carbocycles. The number of nitrogen functional groups attached to an aromatic ring is 1. The molecular formula is C14H22N2O2. The number of nitrogens with zero attached hydrogens (tertiary/aromatic N) is 1. The summed E-state index contributed by atoms with van der Waals surface area (Å²) in [5.74, 6) is 0.228. The van der Waals surface area contributed by atoms with E-state index in [9.17, 15) is 10.2 Å². The first-order valence-electron chi connectivity index (χ1n) is 6.73. The van der Waals surface area contributed by atoms with E-state index >= 15 is 0 Å². The van der Waals surface area contributed by atoms with Crippen LogP contribution in [-0.4, -0.2) is 27.4 Å². The molecule has 2 unspecified atom stereocenters. The molecule has 0 saturated heterocycles. The van der Waals surface area contributed by atoms with Crippen LogP contribution in [0.3, 0.4) is 0 Å². The van der Waals surface area contributed by atoms with Crippen molar-refractivity contribution in [3.8, 4) is 0 Å². The molecule has 1 aromatic rings. The van der Waals surface area contributed by atoms with Crippen molar-refractivity contribution in [2.45, 2.75) is 50.7 Å². The number of rotatable bonds is 4. The normalized spacial score (nSPS) is 20.6. The molecule has 4 N–H and O–H groups in total. The molecule has 1 aromatic heterocycles. The molecule has 1 aliphatic carbocycles. The van der Waals surface area contributed by atoms with Crippen LogP contribution in [0.1, 0.15) is 37.7 Å². The third-order valence-electron chi connectivity index (χ3n) is 3.90. The van der Waals surface area contributed by atoms with Gasteiger partial charge in [0, 0.05) is 24.5 Å². The quantitative estimate of drug-likeness (QED) is 0.756. The Bertz CT molecular complexity index is 378. The number of aliphatic hydroxyl groups is 2. The summed E-state index contributed by atoms with van der Waals surface area (Å²) in [6.45, 7) is 0. The number of nitrogens with two attached hydrogens (primary N) is 1. The predicted octanol–water partition coefficient (Wildman–Crippen LogP) is 1.51. The molecular weight excluding hydrogens is 228 g/mol. The lowest BCUT2D eigenvalue weighted by Crippen LogP contribution is -2.36. The standard InChI is InChI=1S/C14H22N2O2/c15-12-6-7-16-9-11(12)8-13(17)14(18)10-4-2-1-3-5-10/h6-7,9-10,13-14,17-18H,1-5,8H2,(H2,15,16). The van der Waals surface area contributed by atoms with Crippen LogP contribution in [0.25, 0.3) is 0 Å². The first kappa shape index (κ1) is 13.3. The Labute approximate surface area is 108 Å². The first-order chi connectivity index (χ1) is 8.68. The van der Waals surface area contributed by atoms with E-state index in [4.69, 9.17) is 5.73 Å². The van der Waals surface area contributed by atoms with Crippen molar-refractivity contribution in [3.05, 3.63) is 24.0 Å². The summed E-state index contributed by atoms with van der Waals surface area (Å²) >= 11 is 0. The fourth-order valence-electron chi connectivity index (χ4n) is 2.74. The van der Waals surface area contributed by atoms with E-state index in [1.807, 2.05) is 0 Å². The Morgan fingerprint density at radius 2 is 2.00 bits per heavy atom. The van der Waals surface area contributed by atoms with Gasteiger partial charge in [-0.3, -0.25) is 4.98 Å². The zero-order valence-corrected chi connectivity index (χ0v) is 10.6. The van der Waals surface area contributed by atoms with Crippen LogP contribution in [0.15, 0.2) is 18.5 Å². The van der Waals surface area contributed by atoms with Crippen molar-refractivity contribution in [3.63, 3.8) is 0 Å². The average Bonchev–Trinajstić information content (AvgIpc) is 2.41. The van der Waals surface area contributed by atoms with Gasteiger partial charge in [0.15, 0.2) is 0 Å². The largest absolute Gasteiger partial charge is 0.398 e. The molecule has 100 valence electrons. The van der Waals surface area contributed by atoms with Gasteiger partial charge in [-0.05, 0) is 30.4 Å². The second-order valence-electron chi connectivity index (χ2n) is 5.23. The lowest BCUT2D eigenvalue weighted by Gasteiger charge is -2.29. The molecule has 18 heavy (non-hydrogen) atoms. The van der Waals surface area contributed by atoms with Gasteiger partial charge in [-0.1, -0.05) is 19.3 Å². The molecule has 2 atom stereocenters. The van der Waals surface area contributed by atoms with E-state index < -0.39 is 12.2 Å². The van der Waals surface area contributed by atoms with Crippen LogP contribution in [0.5, 0.6) is 0 Å². The van der Waals surface area contributed by atoms with Crippen LogP contribution in [0, 0.1) is 5.92 Å². The Hall–Kier alpha value is -1.13. The van der Waals surface area contributed by atoms with Gasteiger partial charge in [0.2, 0.25) is 0 Å². The Kier molecular flexibility index (Phi) is 4.55. The SMILES string of the molecule is Nc1ccncc1CC(O)C(O)C1CCCCC1. The van der Waals surface area contributed by atoms with E-state index in [1.165, 1.54) is 6.42 Å². The number of aliphatic hydroxyl groups excluding tert-OH is 2. The molecule has 1 saturated carbocycles. The van der Waals surface area contributed by atoms with Gasteiger partial charge in [-0.25, -0.2) is 0 Å². The highest BCUT2D eigenvalue weighted by atomic mass is 16.3. The summed E-state index contributed by atoms with van der Waals surface area (Å²) in [7, 11) is 0. The second kappa shape index (κ2) is 6.16. The molecule has 4 heteroatoms. The Morgan fingerprint density at radius 3 is 2.67 bits per heavy atom. The Balaban J connectivity index is 1.94. The molecule has 4 nitrogen and oxygen atoms in total. The Morgan fingerprint density at radius 1 is 1.28 bits per heavy atom. The lowest BCUT2D eigenvalue weighted by atomic mass is 9.82. The number of pyridine rings is 1. The topological polar surface area (TPSA) is 79.4 Å². The molecule has 0 bridgehead atoms. The van der Waals surface area contributed by atoms with Gasteiger partial charge in [0.25, 0.3) is 0 Å². The lowest BCUT2D eigenvalue weighted by molar-refractivity contribution is -0.0263. The van der Waals surface area contributed by atoms with E-state index in [2.05, 4.69) is 4.98 Å². The summed E-state index contributed by atoms with van der Waals surface area (Å²) in [5, 5.41) is 20.3. The summed E-state index contributed by atoms with van der Waals surface area (Å²) in [4.78, 5) is 4.00. The van der Waals surface area contributed by atoms with Crippen molar-refractivity contribution in [1.82, 2.24) is 4.98 Å². The fourth-order valence-corrected chi connectivity index (χ4v) is 2.74. The highest BCUT2D eigenvalue weighted by Crippen LogP contribution is 2.28.